The number of hydrogen-bond donors (Lipinski definition) is 1. The van der Waals surface area contributed by atoms with E-state index in [1.165, 1.54) is 5.56 Å². The van der Waals surface area contributed by atoms with Gasteiger partial charge in [0.15, 0.2) is 0 Å². The molecule has 1 aromatic rings. The minimum absolute atomic E-state index is 0.508. The number of nitrogens with zero attached hydrogens (tertiary/aromatic N) is 2. The summed E-state index contributed by atoms with van der Waals surface area (Å²) in [5.41, 5.74) is 2.38. The zero-order valence-electron chi connectivity index (χ0n) is 8.42. The van der Waals surface area contributed by atoms with Crippen LogP contribution in [-0.4, -0.2) is 29.7 Å². The van der Waals surface area contributed by atoms with Gasteiger partial charge in [-0.2, -0.15) is 4.98 Å². The molecule has 0 amide bonds. The highest BCUT2D eigenvalue weighted by Gasteiger charge is 2.10. The molecular formula is C10H15N3O. The zero-order valence-corrected chi connectivity index (χ0v) is 8.42. The van der Waals surface area contributed by atoms with Gasteiger partial charge in [0.2, 0.25) is 0 Å². The Morgan fingerprint density at radius 3 is 3.14 bits per heavy atom. The summed E-state index contributed by atoms with van der Waals surface area (Å²) in [6.07, 6.45) is 3.87. The van der Waals surface area contributed by atoms with Crippen LogP contribution in [0.25, 0.3) is 0 Å². The van der Waals surface area contributed by atoms with Crippen LogP contribution in [0.2, 0.25) is 0 Å². The molecule has 0 aliphatic carbocycles. The van der Waals surface area contributed by atoms with E-state index in [1.54, 1.807) is 0 Å². The molecule has 0 aromatic carbocycles. The molecule has 0 atom stereocenters. The molecule has 0 unspecified atom stereocenters. The van der Waals surface area contributed by atoms with Gasteiger partial charge in [0, 0.05) is 19.2 Å². The molecule has 2 rings (SSSR count). The van der Waals surface area contributed by atoms with Crippen LogP contribution in [0, 0.1) is 0 Å². The van der Waals surface area contributed by atoms with E-state index in [0.29, 0.717) is 12.6 Å². The number of rotatable bonds is 2. The predicted molar refractivity (Wildman–Crippen MR) is 53.5 cm³/mol. The Labute approximate surface area is 83.7 Å². The topological polar surface area (TPSA) is 47.0 Å². The Hall–Kier alpha value is -1.16. The molecular weight excluding hydrogens is 178 g/mol. The van der Waals surface area contributed by atoms with E-state index in [4.69, 9.17) is 4.74 Å². The van der Waals surface area contributed by atoms with Crippen molar-refractivity contribution in [3.63, 3.8) is 0 Å². The molecule has 14 heavy (non-hydrogen) atoms. The van der Waals surface area contributed by atoms with Gasteiger partial charge in [-0.1, -0.05) is 0 Å². The largest absolute Gasteiger partial charge is 0.464 e. The number of ether oxygens (including phenoxy) is 1. The van der Waals surface area contributed by atoms with Crippen molar-refractivity contribution in [1.29, 1.82) is 0 Å². The van der Waals surface area contributed by atoms with Crippen LogP contribution in [0.1, 0.15) is 18.2 Å². The van der Waals surface area contributed by atoms with Crippen molar-refractivity contribution < 1.29 is 4.74 Å². The third-order valence-corrected chi connectivity index (χ3v) is 2.32. The lowest BCUT2D eigenvalue weighted by atomic mass is 10.1. The summed E-state index contributed by atoms with van der Waals surface area (Å²) in [5.74, 6) is 0. The van der Waals surface area contributed by atoms with E-state index in [-0.39, 0.29) is 0 Å². The van der Waals surface area contributed by atoms with Crippen LogP contribution in [0.4, 0.5) is 0 Å². The Morgan fingerprint density at radius 2 is 2.29 bits per heavy atom. The highest BCUT2D eigenvalue weighted by atomic mass is 16.5. The minimum atomic E-state index is 0.508. The van der Waals surface area contributed by atoms with E-state index in [0.717, 1.165) is 31.6 Å². The molecule has 0 saturated heterocycles. The molecule has 1 N–H and O–H groups in total. The standard InChI is InChI=1S/C10H15N3O/c1-2-14-10-12-7-8-3-5-11-6-4-9(8)13-10/h7,11H,2-6H2,1H3. The molecule has 4 nitrogen and oxygen atoms in total. The lowest BCUT2D eigenvalue weighted by molar-refractivity contribution is 0.311. The highest BCUT2D eigenvalue weighted by Crippen LogP contribution is 2.12. The van der Waals surface area contributed by atoms with E-state index in [2.05, 4.69) is 15.3 Å². The van der Waals surface area contributed by atoms with Crippen LogP contribution >= 0.6 is 0 Å². The summed E-state index contributed by atoms with van der Waals surface area (Å²) in [6, 6.07) is 0.508. The Balaban J connectivity index is 2.23. The smallest absolute Gasteiger partial charge is 0.316 e. The van der Waals surface area contributed by atoms with Gasteiger partial charge in [0.25, 0.3) is 0 Å². The van der Waals surface area contributed by atoms with Gasteiger partial charge in [0.1, 0.15) is 0 Å². The number of fused-ring (bicyclic) bond motifs is 1. The molecule has 0 spiro atoms. The number of nitrogens with one attached hydrogen (secondary N) is 1. The minimum Gasteiger partial charge on any atom is -0.464 e. The average molecular weight is 193 g/mol. The molecule has 0 fully saturated rings. The third kappa shape index (κ3) is 2.01. The molecule has 0 radical (unpaired) electrons. The molecule has 1 aromatic heterocycles. The van der Waals surface area contributed by atoms with Gasteiger partial charge >= 0.3 is 6.01 Å². The fraction of sp³-hybridized carbons (Fsp3) is 0.600. The van der Waals surface area contributed by atoms with Gasteiger partial charge in [-0.25, -0.2) is 4.98 Å². The number of aromatic nitrogens is 2. The first kappa shape index (κ1) is 9.40. The van der Waals surface area contributed by atoms with Crippen LogP contribution < -0.4 is 10.1 Å². The van der Waals surface area contributed by atoms with Crippen LogP contribution in [-0.2, 0) is 12.8 Å². The van der Waals surface area contributed by atoms with Crippen LogP contribution in [0.3, 0.4) is 0 Å². The van der Waals surface area contributed by atoms with E-state index in [9.17, 15) is 0 Å². The second-order valence-electron chi connectivity index (χ2n) is 3.31. The van der Waals surface area contributed by atoms with Crippen molar-refractivity contribution in [3.8, 4) is 6.01 Å². The molecule has 2 heterocycles. The summed E-state index contributed by atoms with van der Waals surface area (Å²) in [6.45, 7) is 4.58. The van der Waals surface area contributed by atoms with Gasteiger partial charge in [-0.15, -0.1) is 0 Å². The van der Waals surface area contributed by atoms with Crippen LogP contribution in [0.5, 0.6) is 6.01 Å². The quantitative estimate of drug-likeness (QED) is 0.745. The summed E-state index contributed by atoms with van der Waals surface area (Å²) in [5, 5.41) is 3.34. The maximum atomic E-state index is 5.27. The Bertz CT molecular complexity index is 314. The van der Waals surface area contributed by atoms with E-state index in [1.807, 2.05) is 13.1 Å². The van der Waals surface area contributed by atoms with Crippen molar-refractivity contribution in [2.75, 3.05) is 19.7 Å². The molecule has 1 aliphatic heterocycles. The van der Waals surface area contributed by atoms with Crippen molar-refractivity contribution in [2.24, 2.45) is 0 Å². The lowest BCUT2D eigenvalue weighted by Crippen LogP contribution is -2.16. The highest BCUT2D eigenvalue weighted by molar-refractivity contribution is 5.21. The molecule has 0 bridgehead atoms. The first-order valence-electron chi connectivity index (χ1n) is 5.08. The van der Waals surface area contributed by atoms with Crippen molar-refractivity contribution in [1.82, 2.24) is 15.3 Å². The van der Waals surface area contributed by atoms with E-state index < -0.39 is 0 Å². The Kier molecular flexibility index (Phi) is 2.93. The molecule has 1 aliphatic rings. The summed E-state index contributed by atoms with van der Waals surface area (Å²) < 4.78 is 5.27. The van der Waals surface area contributed by atoms with Crippen LogP contribution in [0.15, 0.2) is 6.20 Å². The van der Waals surface area contributed by atoms with Gasteiger partial charge < -0.3 is 10.1 Å². The van der Waals surface area contributed by atoms with Gasteiger partial charge in [0.05, 0.1) is 12.3 Å². The van der Waals surface area contributed by atoms with Crippen molar-refractivity contribution in [2.45, 2.75) is 19.8 Å². The zero-order chi connectivity index (χ0) is 9.80. The molecule has 76 valence electrons. The second-order valence-corrected chi connectivity index (χ2v) is 3.31. The average Bonchev–Trinajstić information content (AvgIpc) is 2.42. The fourth-order valence-corrected chi connectivity index (χ4v) is 1.60. The maximum Gasteiger partial charge on any atom is 0.316 e. The normalized spacial score (nSPS) is 15.8. The van der Waals surface area contributed by atoms with Crippen molar-refractivity contribution >= 4 is 0 Å². The monoisotopic (exact) mass is 193 g/mol. The molecule has 4 heteroatoms. The fourth-order valence-electron chi connectivity index (χ4n) is 1.60. The van der Waals surface area contributed by atoms with E-state index >= 15 is 0 Å². The summed E-state index contributed by atoms with van der Waals surface area (Å²) >= 11 is 0. The summed E-state index contributed by atoms with van der Waals surface area (Å²) in [7, 11) is 0. The van der Waals surface area contributed by atoms with Crippen molar-refractivity contribution in [3.05, 3.63) is 17.5 Å². The van der Waals surface area contributed by atoms with Gasteiger partial charge in [-0.3, -0.25) is 0 Å². The Morgan fingerprint density at radius 1 is 1.43 bits per heavy atom. The van der Waals surface area contributed by atoms with Gasteiger partial charge in [-0.05, 0) is 25.5 Å². The third-order valence-electron chi connectivity index (χ3n) is 2.32. The predicted octanol–water partition coefficient (Wildman–Crippen LogP) is 0.563. The maximum absolute atomic E-state index is 5.27. The lowest BCUT2D eigenvalue weighted by Gasteiger charge is -2.05. The summed E-state index contributed by atoms with van der Waals surface area (Å²) in [4.78, 5) is 8.55. The number of hydrogen-bond acceptors (Lipinski definition) is 4. The second kappa shape index (κ2) is 4.37. The molecule has 0 saturated carbocycles. The first-order chi connectivity index (χ1) is 6.90. The first-order valence-corrected chi connectivity index (χ1v) is 5.08. The SMILES string of the molecule is CCOc1ncc2c(n1)CCNCC2.